The molecule has 0 spiro atoms. The third-order valence-electron chi connectivity index (χ3n) is 6.36. The number of amides is 1. The molecule has 1 amide bonds. The molecule has 2 aromatic rings. The molecule has 3 N–H and O–H groups in total. The quantitative estimate of drug-likeness (QED) is 0.459. The van der Waals surface area contributed by atoms with Gasteiger partial charge in [0.1, 0.15) is 0 Å². The minimum absolute atomic E-state index is 0.127. The van der Waals surface area contributed by atoms with Crippen LogP contribution in [0.1, 0.15) is 56.9 Å². The highest BCUT2D eigenvalue weighted by Gasteiger charge is 2.51. The van der Waals surface area contributed by atoms with Gasteiger partial charge in [-0.2, -0.15) is 13.2 Å². The second kappa shape index (κ2) is 11.3. The highest BCUT2D eigenvalue weighted by Crippen LogP contribution is 2.48. The second-order valence-corrected chi connectivity index (χ2v) is 10.7. The van der Waals surface area contributed by atoms with Gasteiger partial charge < -0.3 is 10.4 Å². The van der Waals surface area contributed by atoms with Gasteiger partial charge in [-0.05, 0) is 55.5 Å². The van der Waals surface area contributed by atoms with Crippen LogP contribution in [0.4, 0.5) is 18.9 Å². The van der Waals surface area contributed by atoms with E-state index in [1.807, 2.05) is 12.1 Å². The van der Waals surface area contributed by atoms with E-state index in [1.54, 1.807) is 42.5 Å². The molecule has 0 saturated heterocycles. The van der Waals surface area contributed by atoms with Crippen LogP contribution >= 0.6 is 0 Å². The zero-order chi connectivity index (χ0) is 26.4. The van der Waals surface area contributed by atoms with Crippen LogP contribution in [-0.4, -0.2) is 37.6 Å². The first-order valence-electron chi connectivity index (χ1n) is 11.7. The fourth-order valence-corrected chi connectivity index (χ4v) is 5.27. The molecule has 36 heavy (non-hydrogen) atoms. The molecule has 2 saturated carbocycles. The Morgan fingerprint density at radius 2 is 1.42 bits per heavy atom. The number of benzene rings is 2. The van der Waals surface area contributed by atoms with Crippen molar-refractivity contribution < 1.29 is 36.3 Å². The van der Waals surface area contributed by atoms with Crippen LogP contribution in [0.2, 0.25) is 0 Å². The van der Waals surface area contributed by atoms with Crippen LogP contribution in [0, 0.1) is 0 Å². The number of halogens is 3. The topological polar surface area (TPSA) is 113 Å². The van der Waals surface area contributed by atoms with E-state index in [-0.39, 0.29) is 10.8 Å². The highest BCUT2D eigenvalue weighted by molar-refractivity contribution is 7.92. The minimum atomic E-state index is -5.08. The van der Waals surface area contributed by atoms with Gasteiger partial charge in [0.2, 0.25) is 5.91 Å². The Labute approximate surface area is 208 Å². The lowest BCUT2D eigenvalue weighted by atomic mass is 9.94. The molecule has 196 valence electrons. The van der Waals surface area contributed by atoms with Crippen LogP contribution < -0.4 is 10.0 Å². The second-order valence-electron chi connectivity index (χ2n) is 9.04. The number of nitrogens with one attached hydrogen (secondary N) is 2. The zero-order valence-corrected chi connectivity index (χ0v) is 20.4. The third-order valence-corrected chi connectivity index (χ3v) is 7.76. The van der Waals surface area contributed by atoms with Gasteiger partial charge in [-0.25, -0.2) is 13.2 Å². The summed E-state index contributed by atoms with van der Waals surface area (Å²) in [5.41, 5.74) is 1.02. The van der Waals surface area contributed by atoms with Crippen molar-refractivity contribution in [3.63, 3.8) is 0 Å². The predicted octanol–water partition coefficient (Wildman–Crippen LogP) is 4.99. The summed E-state index contributed by atoms with van der Waals surface area (Å²) in [7, 11) is -3.61. The number of hydrogen-bond donors (Lipinski definition) is 3. The summed E-state index contributed by atoms with van der Waals surface area (Å²) in [5, 5.41) is 10.4. The lowest BCUT2D eigenvalue weighted by Gasteiger charge is -2.22. The molecule has 0 aliphatic heterocycles. The van der Waals surface area contributed by atoms with Gasteiger partial charge in [-0.1, -0.05) is 56.0 Å². The standard InChI is InChI=1S/C23H28N2O3S.C2HF3O2/c26-22(24-19-8-4-1-2-5-9-19)23(16-17-23)18-12-14-20(15-13-18)25-29(27,28)21-10-6-3-7-11-21;3-2(4,5)1(6)7/h3,6-7,10-15,19,25H,1-2,4-5,8-9,16-17H2,(H,24,26);(H,6,7). The third kappa shape index (κ3) is 7.22. The van der Waals surface area contributed by atoms with E-state index in [0.29, 0.717) is 11.7 Å². The molecule has 2 aliphatic carbocycles. The Morgan fingerprint density at radius 1 is 0.889 bits per heavy atom. The molecule has 4 rings (SSSR count). The number of anilines is 1. The Balaban J connectivity index is 0.000000454. The van der Waals surface area contributed by atoms with E-state index in [1.165, 1.54) is 25.7 Å². The van der Waals surface area contributed by atoms with Crippen LogP contribution in [-0.2, 0) is 25.0 Å². The normalized spacial score (nSPS) is 17.6. The molecular formula is C25H29F3N2O5S. The van der Waals surface area contributed by atoms with E-state index < -0.39 is 27.6 Å². The van der Waals surface area contributed by atoms with E-state index in [9.17, 15) is 26.4 Å². The van der Waals surface area contributed by atoms with Gasteiger partial charge in [-0.3, -0.25) is 9.52 Å². The monoisotopic (exact) mass is 526 g/mol. The Kier molecular flexibility index (Phi) is 8.65. The van der Waals surface area contributed by atoms with Crippen LogP contribution in [0.25, 0.3) is 0 Å². The van der Waals surface area contributed by atoms with E-state index in [0.717, 1.165) is 31.2 Å². The van der Waals surface area contributed by atoms with Gasteiger partial charge in [-0.15, -0.1) is 0 Å². The number of carboxylic acids is 1. The van der Waals surface area contributed by atoms with Gasteiger partial charge in [0, 0.05) is 11.7 Å². The van der Waals surface area contributed by atoms with E-state index in [4.69, 9.17) is 9.90 Å². The zero-order valence-electron chi connectivity index (χ0n) is 19.6. The molecule has 2 aliphatic rings. The molecule has 0 aromatic heterocycles. The minimum Gasteiger partial charge on any atom is -0.475 e. The maximum absolute atomic E-state index is 13.0. The number of alkyl halides is 3. The Bertz CT molecular complexity index is 1140. The molecule has 0 bridgehead atoms. The summed E-state index contributed by atoms with van der Waals surface area (Å²) in [6.07, 6.45) is 3.66. The summed E-state index contributed by atoms with van der Waals surface area (Å²) < 4.78 is 59.3. The summed E-state index contributed by atoms with van der Waals surface area (Å²) in [6.45, 7) is 0. The first-order chi connectivity index (χ1) is 16.9. The number of carboxylic acid groups (broad SMARTS) is 1. The van der Waals surface area contributed by atoms with E-state index in [2.05, 4.69) is 10.0 Å². The van der Waals surface area contributed by atoms with Gasteiger partial charge in [0.25, 0.3) is 10.0 Å². The molecule has 2 fully saturated rings. The van der Waals surface area contributed by atoms with Gasteiger partial charge in [0.15, 0.2) is 0 Å². The number of carbonyl (C=O) groups is 2. The van der Waals surface area contributed by atoms with E-state index >= 15 is 0 Å². The largest absolute Gasteiger partial charge is 0.490 e. The van der Waals surface area contributed by atoms with Gasteiger partial charge in [0.05, 0.1) is 10.3 Å². The molecule has 0 unspecified atom stereocenters. The summed E-state index contributed by atoms with van der Waals surface area (Å²) in [4.78, 5) is 22.1. The van der Waals surface area contributed by atoms with Crippen LogP contribution in [0.3, 0.4) is 0 Å². The summed E-state index contributed by atoms with van der Waals surface area (Å²) >= 11 is 0. The number of rotatable bonds is 6. The molecule has 0 radical (unpaired) electrons. The first kappa shape index (κ1) is 27.5. The lowest BCUT2D eigenvalue weighted by molar-refractivity contribution is -0.192. The summed E-state index contributed by atoms with van der Waals surface area (Å²) in [5.74, 6) is -2.63. The SMILES string of the molecule is O=C(NC1CCCCCC1)C1(c2ccc(NS(=O)(=O)c3ccccc3)cc2)CC1.O=C(O)C(F)(F)F. The van der Waals surface area contributed by atoms with Crippen LogP contribution in [0.15, 0.2) is 59.5 Å². The molecule has 0 heterocycles. The average molecular weight is 527 g/mol. The fourth-order valence-electron chi connectivity index (χ4n) is 4.19. The smallest absolute Gasteiger partial charge is 0.475 e. The first-order valence-corrected chi connectivity index (χ1v) is 13.2. The number of carbonyl (C=O) groups excluding carboxylic acids is 1. The molecule has 2 aromatic carbocycles. The van der Waals surface area contributed by atoms with Crippen molar-refractivity contribution in [1.29, 1.82) is 0 Å². The van der Waals surface area contributed by atoms with Crippen molar-refractivity contribution >= 4 is 27.6 Å². The molecule has 0 atom stereocenters. The number of sulfonamides is 1. The number of aliphatic carboxylic acids is 1. The van der Waals surface area contributed by atoms with Crippen molar-refractivity contribution in [2.24, 2.45) is 0 Å². The molecule has 7 nitrogen and oxygen atoms in total. The summed E-state index contributed by atoms with van der Waals surface area (Å²) in [6, 6.07) is 15.8. The van der Waals surface area contributed by atoms with Gasteiger partial charge >= 0.3 is 12.1 Å². The Hall–Kier alpha value is -3.08. The Morgan fingerprint density at radius 3 is 1.89 bits per heavy atom. The maximum Gasteiger partial charge on any atom is 0.490 e. The maximum atomic E-state index is 13.0. The predicted molar refractivity (Wildman–Crippen MR) is 128 cm³/mol. The highest BCUT2D eigenvalue weighted by atomic mass is 32.2. The van der Waals surface area contributed by atoms with Crippen molar-refractivity contribution in [3.8, 4) is 0 Å². The van der Waals surface area contributed by atoms with Crippen molar-refractivity contribution in [1.82, 2.24) is 5.32 Å². The van der Waals surface area contributed by atoms with Crippen molar-refractivity contribution in [3.05, 3.63) is 60.2 Å². The average Bonchev–Trinajstić information content (AvgIpc) is 3.66. The van der Waals surface area contributed by atoms with Crippen LogP contribution in [0.5, 0.6) is 0 Å². The lowest BCUT2D eigenvalue weighted by Crippen LogP contribution is -2.41. The van der Waals surface area contributed by atoms with Crippen molar-refractivity contribution in [2.45, 2.75) is 73.9 Å². The van der Waals surface area contributed by atoms with Crippen molar-refractivity contribution in [2.75, 3.05) is 4.72 Å². The number of hydrogen-bond acceptors (Lipinski definition) is 4. The molecular weight excluding hydrogens is 497 g/mol. The molecule has 11 heteroatoms. The fraction of sp³-hybridized carbons (Fsp3) is 0.440.